The third-order valence-electron chi connectivity index (χ3n) is 4.25. The van der Waals surface area contributed by atoms with E-state index >= 15 is 0 Å². The van der Waals surface area contributed by atoms with Crippen molar-refractivity contribution in [3.05, 3.63) is 34.9 Å². The molecular weight excluding hydrogens is 308 g/mol. The molecule has 2 N–H and O–H groups in total. The molecule has 1 atom stereocenters. The molecule has 2 aromatic rings. The Morgan fingerprint density at radius 3 is 2.79 bits per heavy atom. The van der Waals surface area contributed by atoms with Crippen molar-refractivity contribution in [3.63, 3.8) is 0 Å². The quantitative estimate of drug-likeness (QED) is 0.889. The summed E-state index contributed by atoms with van der Waals surface area (Å²) in [6.45, 7) is 4.45. The van der Waals surface area contributed by atoms with Gasteiger partial charge in [0.1, 0.15) is 6.04 Å². The van der Waals surface area contributed by atoms with Gasteiger partial charge in [0, 0.05) is 18.7 Å². The van der Waals surface area contributed by atoms with Gasteiger partial charge in [0.25, 0.3) is 5.56 Å². The summed E-state index contributed by atoms with van der Waals surface area (Å²) in [5, 5.41) is 3.24. The fourth-order valence-corrected chi connectivity index (χ4v) is 3.13. The number of anilines is 1. The first-order valence-corrected chi connectivity index (χ1v) is 8.05. The van der Waals surface area contributed by atoms with Gasteiger partial charge in [0.15, 0.2) is 0 Å². The fraction of sp³-hybridized carbons (Fsp3) is 0.412. The molecule has 2 heterocycles. The molecule has 7 nitrogen and oxygen atoms in total. The minimum absolute atomic E-state index is 0.00224. The van der Waals surface area contributed by atoms with E-state index in [4.69, 9.17) is 0 Å². The zero-order valence-corrected chi connectivity index (χ0v) is 13.7. The first kappa shape index (κ1) is 16.2. The first-order chi connectivity index (χ1) is 11.5. The molecule has 2 amide bonds. The molecule has 1 aromatic carbocycles. The third-order valence-corrected chi connectivity index (χ3v) is 4.25. The van der Waals surface area contributed by atoms with Crippen LogP contribution in [0.5, 0.6) is 0 Å². The van der Waals surface area contributed by atoms with E-state index in [1.165, 1.54) is 6.33 Å². The Morgan fingerprint density at radius 2 is 2.12 bits per heavy atom. The summed E-state index contributed by atoms with van der Waals surface area (Å²) >= 11 is 0. The molecule has 0 saturated carbocycles. The molecule has 1 aliphatic rings. The molecule has 0 bridgehead atoms. The van der Waals surface area contributed by atoms with E-state index in [2.05, 4.69) is 15.3 Å². The van der Waals surface area contributed by atoms with Crippen molar-refractivity contribution >= 4 is 28.4 Å². The largest absolute Gasteiger partial charge is 0.330 e. The van der Waals surface area contributed by atoms with Crippen molar-refractivity contribution in [2.75, 3.05) is 11.9 Å². The molecule has 1 unspecified atom stereocenters. The monoisotopic (exact) mass is 328 g/mol. The Morgan fingerprint density at radius 1 is 1.33 bits per heavy atom. The number of carbonyl (C=O) groups is 2. The highest BCUT2D eigenvalue weighted by Gasteiger charge is 2.34. The van der Waals surface area contributed by atoms with Crippen LogP contribution in [0.1, 0.15) is 26.7 Å². The summed E-state index contributed by atoms with van der Waals surface area (Å²) < 4.78 is 0. The number of rotatable bonds is 4. The first-order valence-electron chi connectivity index (χ1n) is 8.05. The molecule has 0 spiro atoms. The van der Waals surface area contributed by atoms with E-state index in [1.54, 1.807) is 23.1 Å². The predicted molar refractivity (Wildman–Crippen MR) is 90.6 cm³/mol. The van der Waals surface area contributed by atoms with E-state index < -0.39 is 6.04 Å². The van der Waals surface area contributed by atoms with Crippen LogP contribution < -0.4 is 10.9 Å². The standard InChI is InChI=1S/C17H20N4O3/c1-10(2)15(21-7-3-4-14(21)22)17(24)20-11-5-6-13-12(8-11)16(23)19-9-18-13/h5-6,8-10,15H,3-4,7H2,1-2H3,(H,20,24)(H,18,19,23). The van der Waals surface area contributed by atoms with Gasteiger partial charge in [-0.3, -0.25) is 14.4 Å². The highest BCUT2D eigenvalue weighted by molar-refractivity contribution is 5.99. The van der Waals surface area contributed by atoms with E-state index in [1.807, 2.05) is 13.8 Å². The van der Waals surface area contributed by atoms with Gasteiger partial charge in [-0.25, -0.2) is 4.98 Å². The van der Waals surface area contributed by atoms with Crippen molar-refractivity contribution in [1.29, 1.82) is 0 Å². The average molecular weight is 328 g/mol. The van der Waals surface area contributed by atoms with Crippen molar-refractivity contribution in [2.45, 2.75) is 32.7 Å². The Kier molecular flexibility index (Phi) is 4.33. The van der Waals surface area contributed by atoms with Crippen molar-refractivity contribution in [1.82, 2.24) is 14.9 Å². The van der Waals surface area contributed by atoms with Gasteiger partial charge in [0.05, 0.1) is 17.2 Å². The maximum absolute atomic E-state index is 12.7. The highest BCUT2D eigenvalue weighted by atomic mass is 16.2. The van der Waals surface area contributed by atoms with E-state index in [-0.39, 0.29) is 23.3 Å². The van der Waals surface area contributed by atoms with Gasteiger partial charge in [-0.15, -0.1) is 0 Å². The number of likely N-dealkylation sites (tertiary alicyclic amines) is 1. The number of benzene rings is 1. The van der Waals surface area contributed by atoms with Gasteiger partial charge < -0.3 is 15.2 Å². The maximum Gasteiger partial charge on any atom is 0.258 e. The van der Waals surface area contributed by atoms with Crippen LogP contribution in [0.4, 0.5) is 5.69 Å². The van der Waals surface area contributed by atoms with Crippen LogP contribution in [-0.2, 0) is 9.59 Å². The molecule has 1 fully saturated rings. The second-order valence-corrected chi connectivity index (χ2v) is 6.33. The molecule has 7 heteroatoms. The molecule has 1 aromatic heterocycles. The number of aromatic amines is 1. The van der Waals surface area contributed by atoms with E-state index in [9.17, 15) is 14.4 Å². The summed E-state index contributed by atoms with van der Waals surface area (Å²) in [7, 11) is 0. The summed E-state index contributed by atoms with van der Waals surface area (Å²) in [4.78, 5) is 44.8. The summed E-state index contributed by atoms with van der Waals surface area (Å²) in [5.74, 6) is -0.222. The topological polar surface area (TPSA) is 95.2 Å². The number of nitrogens with one attached hydrogen (secondary N) is 2. The predicted octanol–water partition coefficient (Wildman–Crippen LogP) is 1.51. The molecule has 1 aliphatic heterocycles. The Bertz CT molecular complexity index is 843. The van der Waals surface area contributed by atoms with Crippen LogP contribution >= 0.6 is 0 Å². The third kappa shape index (κ3) is 3.02. The fourth-order valence-electron chi connectivity index (χ4n) is 3.13. The van der Waals surface area contributed by atoms with Gasteiger partial charge in [-0.1, -0.05) is 13.8 Å². The van der Waals surface area contributed by atoms with Crippen LogP contribution in [-0.4, -0.2) is 39.3 Å². The van der Waals surface area contributed by atoms with E-state index in [0.717, 1.165) is 6.42 Å². The molecule has 126 valence electrons. The number of amides is 2. The van der Waals surface area contributed by atoms with E-state index in [0.29, 0.717) is 29.6 Å². The maximum atomic E-state index is 12.7. The average Bonchev–Trinajstić information content (AvgIpc) is 2.94. The zero-order valence-electron chi connectivity index (χ0n) is 13.7. The summed E-state index contributed by atoms with van der Waals surface area (Å²) in [6, 6.07) is 4.48. The van der Waals surface area contributed by atoms with Crippen LogP contribution in [0.25, 0.3) is 10.9 Å². The van der Waals surface area contributed by atoms with Gasteiger partial charge in [-0.2, -0.15) is 0 Å². The SMILES string of the molecule is CC(C)C(C(=O)Nc1ccc2nc[nH]c(=O)c2c1)N1CCCC1=O. The molecule has 0 radical (unpaired) electrons. The smallest absolute Gasteiger partial charge is 0.258 e. The summed E-state index contributed by atoms with van der Waals surface area (Å²) in [5.41, 5.74) is 0.821. The lowest BCUT2D eigenvalue weighted by Gasteiger charge is -2.29. The van der Waals surface area contributed by atoms with Crippen molar-refractivity contribution in [2.24, 2.45) is 5.92 Å². The van der Waals surface area contributed by atoms with Crippen LogP contribution in [0, 0.1) is 5.92 Å². The minimum Gasteiger partial charge on any atom is -0.330 e. The highest BCUT2D eigenvalue weighted by Crippen LogP contribution is 2.21. The Labute approximate surface area is 139 Å². The normalized spacial score (nSPS) is 16.0. The molecule has 3 rings (SSSR count). The molecule has 0 aliphatic carbocycles. The number of nitrogens with zero attached hydrogens (tertiary/aromatic N) is 2. The number of hydrogen-bond acceptors (Lipinski definition) is 4. The number of carbonyl (C=O) groups excluding carboxylic acids is 2. The molecule has 24 heavy (non-hydrogen) atoms. The zero-order chi connectivity index (χ0) is 17.3. The Balaban J connectivity index is 1.86. The molecule has 1 saturated heterocycles. The van der Waals surface area contributed by atoms with Gasteiger partial charge in [-0.05, 0) is 30.5 Å². The summed E-state index contributed by atoms with van der Waals surface area (Å²) in [6.07, 6.45) is 2.62. The number of hydrogen-bond donors (Lipinski definition) is 2. The van der Waals surface area contributed by atoms with Crippen molar-refractivity contribution in [3.8, 4) is 0 Å². The van der Waals surface area contributed by atoms with Crippen molar-refractivity contribution < 1.29 is 9.59 Å². The molecular formula is C17H20N4O3. The van der Waals surface area contributed by atoms with Gasteiger partial charge >= 0.3 is 0 Å². The van der Waals surface area contributed by atoms with Crippen LogP contribution in [0.3, 0.4) is 0 Å². The number of aromatic nitrogens is 2. The number of fused-ring (bicyclic) bond motifs is 1. The lowest BCUT2D eigenvalue weighted by molar-refractivity contribution is -0.136. The van der Waals surface area contributed by atoms with Gasteiger partial charge in [0.2, 0.25) is 11.8 Å². The van der Waals surface area contributed by atoms with Crippen LogP contribution in [0.2, 0.25) is 0 Å². The second-order valence-electron chi connectivity index (χ2n) is 6.33. The minimum atomic E-state index is -0.511. The lowest BCUT2D eigenvalue weighted by atomic mass is 10.0. The van der Waals surface area contributed by atoms with Crippen LogP contribution in [0.15, 0.2) is 29.3 Å². The lowest BCUT2D eigenvalue weighted by Crippen LogP contribution is -2.47. The Hall–Kier alpha value is -2.70. The second kappa shape index (κ2) is 6.43. The number of H-pyrrole nitrogens is 1.